The highest BCUT2D eigenvalue weighted by Crippen LogP contribution is 2.33. The fraction of sp³-hybridized carbons (Fsp3) is 0.474. The highest BCUT2D eigenvalue weighted by molar-refractivity contribution is 5.93. The Labute approximate surface area is 147 Å². The number of rotatable bonds is 4. The SMILES string of the molecule is Cn1cccc1C(=O)N1CCO[C@H]2CC[C@H]1[C@H]2OCc1ccncc1. The number of aromatic nitrogens is 2. The topological polar surface area (TPSA) is 56.6 Å². The van der Waals surface area contributed by atoms with Gasteiger partial charge in [0.25, 0.3) is 5.91 Å². The van der Waals surface area contributed by atoms with Gasteiger partial charge in [0.2, 0.25) is 0 Å². The van der Waals surface area contributed by atoms with Crippen LogP contribution in [0, 0.1) is 0 Å². The first-order chi connectivity index (χ1) is 12.2. The Morgan fingerprint density at radius 1 is 1.32 bits per heavy atom. The van der Waals surface area contributed by atoms with Crippen molar-refractivity contribution in [2.75, 3.05) is 13.2 Å². The molecule has 0 N–H and O–H groups in total. The maximum Gasteiger partial charge on any atom is 0.270 e. The minimum atomic E-state index is -0.0834. The smallest absolute Gasteiger partial charge is 0.270 e. The van der Waals surface area contributed by atoms with Crippen LogP contribution in [0.1, 0.15) is 28.9 Å². The van der Waals surface area contributed by atoms with Crippen molar-refractivity contribution in [2.24, 2.45) is 7.05 Å². The van der Waals surface area contributed by atoms with Crippen molar-refractivity contribution >= 4 is 5.91 Å². The third kappa shape index (κ3) is 3.19. The highest BCUT2D eigenvalue weighted by atomic mass is 16.5. The van der Waals surface area contributed by atoms with Gasteiger partial charge in [0.05, 0.1) is 25.4 Å². The number of ether oxygens (including phenoxy) is 2. The summed E-state index contributed by atoms with van der Waals surface area (Å²) in [6.45, 7) is 1.68. The first-order valence-corrected chi connectivity index (χ1v) is 8.78. The highest BCUT2D eigenvalue weighted by Gasteiger charge is 2.45. The van der Waals surface area contributed by atoms with Gasteiger partial charge in [-0.1, -0.05) is 0 Å². The number of amides is 1. The fourth-order valence-corrected chi connectivity index (χ4v) is 3.86. The number of carbonyl (C=O) groups excluding carboxylic acids is 1. The molecule has 0 aromatic carbocycles. The predicted octanol–water partition coefficient (Wildman–Crippen LogP) is 2.01. The third-order valence-corrected chi connectivity index (χ3v) is 5.17. The second-order valence-electron chi connectivity index (χ2n) is 6.69. The summed E-state index contributed by atoms with van der Waals surface area (Å²) in [6, 6.07) is 7.74. The van der Waals surface area contributed by atoms with Crippen molar-refractivity contribution in [1.82, 2.24) is 14.5 Å². The van der Waals surface area contributed by atoms with Gasteiger partial charge in [-0.15, -0.1) is 0 Å². The van der Waals surface area contributed by atoms with E-state index in [2.05, 4.69) is 4.98 Å². The fourth-order valence-electron chi connectivity index (χ4n) is 3.86. The summed E-state index contributed by atoms with van der Waals surface area (Å²) in [5.74, 6) is 0.0566. The molecule has 4 rings (SSSR count). The first kappa shape index (κ1) is 16.3. The molecule has 1 aliphatic heterocycles. The third-order valence-electron chi connectivity index (χ3n) is 5.17. The molecule has 25 heavy (non-hydrogen) atoms. The van der Waals surface area contributed by atoms with Crippen molar-refractivity contribution in [3.05, 3.63) is 54.1 Å². The van der Waals surface area contributed by atoms with Gasteiger partial charge in [-0.3, -0.25) is 9.78 Å². The van der Waals surface area contributed by atoms with E-state index < -0.39 is 0 Å². The number of hydrogen-bond acceptors (Lipinski definition) is 4. The zero-order valence-electron chi connectivity index (χ0n) is 14.4. The second-order valence-corrected chi connectivity index (χ2v) is 6.69. The molecule has 3 heterocycles. The summed E-state index contributed by atoms with van der Waals surface area (Å²) in [4.78, 5) is 19.0. The maximum absolute atomic E-state index is 13.0. The van der Waals surface area contributed by atoms with Gasteiger partial charge in [0, 0.05) is 32.2 Å². The minimum absolute atomic E-state index is 0.0566. The van der Waals surface area contributed by atoms with E-state index in [9.17, 15) is 4.79 Å². The normalized spacial score (nSPS) is 25.8. The summed E-state index contributed by atoms with van der Waals surface area (Å²) in [7, 11) is 1.90. The van der Waals surface area contributed by atoms with Gasteiger partial charge in [-0.2, -0.15) is 0 Å². The zero-order valence-corrected chi connectivity index (χ0v) is 14.4. The van der Waals surface area contributed by atoms with Crippen LogP contribution in [0.25, 0.3) is 0 Å². The molecule has 1 saturated carbocycles. The van der Waals surface area contributed by atoms with E-state index in [4.69, 9.17) is 9.47 Å². The zero-order chi connectivity index (χ0) is 17.2. The van der Waals surface area contributed by atoms with Crippen LogP contribution in [0.2, 0.25) is 0 Å². The largest absolute Gasteiger partial charge is 0.374 e. The standard InChI is InChI=1S/C19H23N3O3/c1-21-10-2-3-16(21)19(23)22-11-12-24-17-5-4-15(22)18(17)25-13-14-6-8-20-9-7-14/h2-3,6-10,15,17-18H,4-5,11-13H2,1H3/t15-,17-,18+/m0/s1. The van der Waals surface area contributed by atoms with Crippen molar-refractivity contribution in [1.29, 1.82) is 0 Å². The molecule has 0 spiro atoms. The van der Waals surface area contributed by atoms with Crippen LogP contribution in [0.4, 0.5) is 0 Å². The Kier molecular flexibility index (Phi) is 4.55. The Hall–Kier alpha value is -2.18. The molecule has 1 amide bonds. The Morgan fingerprint density at radius 2 is 2.16 bits per heavy atom. The van der Waals surface area contributed by atoms with Crippen LogP contribution in [0.5, 0.6) is 0 Å². The average Bonchev–Trinajstić information content (AvgIpc) is 3.17. The number of nitrogens with zero attached hydrogens (tertiary/aromatic N) is 3. The number of fused-ring (bicyclic) bond motifs is 2. The van der Waals surface area contributed by atoms with Crippen molar-refractivity contribution in [2.45, 2.75) is 37.7 Å². The molecule has 1 saturated heterocycles. The maximum atomic E-state index is 13.0. The molecule has 3 atom stereocenters. The summed E-state index contributed by atoms with van der Waals surface area (Å²) >= 11 is 0. The monoisotopic (exact) mass is 341 g/mol. The summed E-state index contributed by atoms with van der Waals surface area (Å²) in [6.07, 6.45) is 7.27. The molecule has 2 fully saturated rings. The van der Waals surface area contributed by atoms with E-state index in [1.54, 1.807) is 12.4 Å². The van der Waals surface area contributed by atoms with Gasteiger partial charge >= 0.3 is 0 Å². The van der Waals surface area contributed by atoms with E-state index in [0.717, 1.165) is 18.4 Å². The quantitative estimate of drug-likeness (QED) is 0.854. The van der Waals surface area contributed by atoms with Crippen LogP contribution in [0.15, 0.2) is 42.9 Å². The molecule has 6 heteroatoms. The molecule has 132 valence electrons. The molecule has 6 nitrogen and oxygen atoms in total. The van der Waals surface area contributed by atoms with E-state index in [1.807, 2.05) is 47.0 Å². The Morgan fingerprint density at radius 3 is 2.92 bits per heavy atom. The lowest BCUT2D eigenvalue weighted by Gasteiger charge is -2.31. The second kappa shape index (κ2) is 6.98. The number of aryl methyl sites for hydroxylation is 1. The lowest BCUT2D eigenvalue weighted by Crippen LogP contribution is -2.46. The van der Waals surface area contributed by atoms with Crippen LogP contribution in [0.3, 0.4) is 0 Å². The van der Waals surface area contributed by atoms with Crippen LogP contribution >= 0.6 is 0 Å². The Balaban J connectivity index is 1.52. The summed E-state index contributed by atoms with van der Waals surface area (Å²) in [5.41, 5.74) is 1.79. The lowest BCUT2D eigenvalue weighted by atomic mass is 10.1. The molecular weight excluding hydrogens is 318 g/mol. The van der Waals surface area contributed by atoms with E-state index in [-0.39, 0.29) is 24.2 Å². The van der Waals surface area contributed by atoms with Gasteiger partial charge in [-0.25, -0.2) is 0 Å². The summed E-state index contributed by atoms with van der Waals surface area (Å²) in [5, 5.41) is 0. The first-order valence-electron chi connectivity index (χ1n) is 8.78. The average molecular weight is 341 g/mol. The van der Waals surface area contributed by atoms with Gasteiger partial charge in [-0.05, 0) is 42.7 Å². The molecular formula is C19H23N3O3. The van der Waals surface area contributed by atoms with Gasteiger partial charge in [0.1, 0.15) is 11.8 Å². The van der Waals surface area contributed by atoms with Crippen LogP contribution in [-0.2, 0) is 23.1 Å². The van der Waals surface area contributed by atoms with E-state index in [0.29, 0.717) is 25.5 Å². The van der Waals surface area contributed by atoms with E-state index >= 15 is 0 Å². The number of hydrogen-bond donors (Lipinski definition) is 0. The molecule has 2 aromatic rings. The molecule has 0 radical (unpaired) electrons. The van der Waals surface area contributed by atoms with Crippen molar-refractivity contribution in [3.8, 4) is 0 Å². The Bertz CT molecular complexity index is 731. The molecule has 1 aliphatic carbocycles. The van der Waals surface area contributed by atoms with Gasteiger partial charge < -0.3 is 18.9 Å². The van der Waals surface area contributed by atoms with Crippen molar-refractivity contribution < 1.29 is 14.3 Å². The van der Waals surface area contributed by atoms with Crippen molar-refractivity contribution in [3.63, 3.8) is 0 Å². The molecule has 2 aromatic heterocycles. The predicted molar refractivity (Wildman–Crippen MR) is 92.0 cm³/mol. The van der Waals surface area contributed by atoms with E-state index in [1.165, 1.54) is 0 Å². The molecule has 0 unspecified atom stereocenters. The lowest BCUT2D eigenvalue weighted by molar-refractivity contribution is -0.0598. The van der Waals surface area contributed by atoms with Crippen LogP contribution in [-0.4, -0.2) is 51.8 Å². The molecule has 2 bridgehead atoms. The van der Waals surface area contributed by atoms with Gasteiger partial charge in [0.15, 0.2) is 0 Å². The molecule has 2 aliphatic rings. The number of pyridine rings is 1. The van der Waals surface area contributed by atoms with Crippen LogP contribution < -0.4 is 0 Å². The number of carbonyl (C=O) groups is 1. The summed E-state index contributed by atoms with van der Waals surface area (Å²) < 4.78 is 14.1. The minimum Gasteiger partial charge on any atom is -0.374 e.